The minimum Gasteiger partial charge on any atom is -0.378 e. The van der Waals surface area contributed by atoms with E-state index in [4.69, 9.17) is 9.47 Å². The number of carbonyl (C=O) groups excluding carboxylic acids is 2. The molecule has 2 fully saturated rings. The molecule has 0 spiro atoms. The van der Waals surface area contributed by atoms with Crippen molar-refractivity contribution >= 4 is 38.2 Å². The molecule has 0 aliphatic carbocycles. The predicted octanol–water partition coefficient (Wildman–Crippen LogP) is 3.04. The second-order valence-electron chi connectivity index (χ2n) is 10.7. The van der Waals surface area contributed by atoms with Gasteiger partial charge in [-0.2, -0.15) is 4.31 Å². The van der Waals surface area contributed by atoms with Crippen LogP contribution in [0.2, 0.25) is 0 Å². The third-order valence-corrected chi connectivity index (χ3v) is 10.5. The third kappa shape index (κ3) is 6.12. The van der Waals surface area contributed by atoms with Gasteiger partial charge < -0.3 is 19.7 Å². The van der Waals surface area contributed by atoms with Crippen molar-refractivity contribution in [3.63, 3.8) is 0 Å². The fourth-order valence-electron chi connectivity index (χ4n) is 5.63. The SMILES string of the molecule is CCCN1CCc2c(sc(NC(=O)c3ccc(S(=O)(=O)N4CC(C)OC(C)C4)cc3)c2C(=O)N2CCOCC2)C1. The molecule has 1 N–H and O–H groups in total. The quantitative estimate of drug-likeness (QED) is 0.528. The van der Waals surface area contributed by atoms with Gasteiger partial charge in [-0.05, 0) is 63.1 Å². The van der Waals surface area contributed by atoms with Gasteiger partial charge in [0.05, 0.1) is 35.9 Å². The summed E-state index contributed by atoms with van der Waals surface area (Å²) in [5, 5.41) is 3.54. The highest BCUT2D eigenvalue weighted by Gasteiger charge is 2.33. The Labute approximate surface area is 240 Å². The van der Waals surface area contributed by atoms with E-state index in [1.165, 1.54) is 39.9 Å². The Morgan fingerprint density at radius 1 is 1.05 bits per heavy atom. The molecule has 40 heavy (non-hydrogen) atoms. The van der Waals surface area contributed by atoms with Crippen molar-refractivity contribution in [3.05, 3.63) is 45.8 Å². The maximum atomic E-state index is 13.7. The molecule has 2 saturated heterocycles. The molecule has 2 atom stereocenters. The fourth-order valence-corrected chi connectivity index (χ4v) is 8.50. The lowest BCUT2D eigenvalue weighted by molar-refractivity contribution is -0.0440. The van der Waals surface area contributed by atoms with Crippen molar-refractivity contribution in [2.75, 3.05) is 57.8 Å². The zero-order valence-corrected chi connectivity index (χ0v) is 25.0. The van der Waals surface area contributed by atoms with Crippen LogP contribution in [0.1, 0.15) is 58.3 Å². The summed E-state index contributed by atoms with van der Waals surface area (Å²) in [6, 6.07) is 5.98. The van der Waals surface area contributed by atoms with Gasteiger partial charge in [0.1, 0.15) is 5.00 Å². The van der Waals surface area contributed by atoms with E-state index < -0.39 is 10.0 Å². The first-order chi connectivity index (χ1) is 19.2. The first-order valence-corrected chi connectivity index (χ1v) is 16.2. The Morgan fingerprint density at radius 2 is 1.73 bits per heavy atom. The molecule has 218 valence electrons. The average Bonchev–Trinajstić information content (AvgIpc) is 3.29. The molecule has 5 rings (SSSR count). The molecular weight excluding hydrogens is 552 g/mol. The number of rotatable bonds is 7. The van der Waals surface area contributed by atoms with Crippen molar-refractivity contribution < 1.29 is 27.5 Å². The first kappa shape index (κ1) is 29.2. The van der Waals surface area contributed by atoms with E-state index in [9.17, 15) is 18.0 Å². The largest absolute Gasteiger partial charge is 0.378 e. The Morgan fingerprint density at radius 3 is 2.38 bits per heavy atom. The molecule has 3 aliphatic heterocycles. The maximum Gasteiger partial charge on any atom is 0.257 e. The highest BCUT2D eigenvalue weighted by molar-refractivity contribution is 7.89. The Balaban J connectivity index is 1.37. The number of carbonyl (C=O) groups is 2. The van der Waals surface area contributed by atoms with Crippen LogP contribution < -0.4 is 5.32 Å². The van der Waals surface area contributed by atoms with Crippen LogP contribution in [0.4, 0.5) is 5.00 Å². The second kappa shape index (κ2) is 12.3. The van der Waals surface area contributed by atoms with Crippen molar-refractivity contribution in [1.82, 2.24) is 14.1 Å². The Kier molecular flexibility index (Phi) is 8.93. The molecule has 3 aliphatic rings. The van der Waals surface area contributed by atoms with E-state index in [1.54, 1.807) is 4.90 Å². The average molecular weight is 591 g/mol. The normalized spacial score (nSPS) is 22.6. The number of anilines is 1. The van der Waals surface area contributed by atoms with Gasteiger partial charge in [0.2, 0.25) is 10.0 Å². The highest BCUT2D eigenvalue weighted by Crippen LogP contribution is 2.38. The lowest BCUT2D eigenvalue weighted by Crippen LogP contribution is -2.48. The monoisotopic (exact) mass is 590 g/mol. The number of morpholine rings is 2. The third-order valence-electron chi connectivity index (χ3n) is 7.56. The van der Waals surface area contributed by atoms with Crippen molar-refractivity contribution in [3.8, 4) is 0 Å². The molecule has 0 radical (unpaired) electrons. The number of amides is 2. The van der Waals surface area contributed by atoms with Crippen molar-refractivity contribution in [2.24, 2.45) is 0 Å². The van der Waals surface area contributed by atoms with Gasteiger partial charge in [0.15, 0.2) is 0 Å². The summed E-state index contributed by atoms with van der Waals surface area (Å²) in [4.78, 5) is 32.4. The summed E-state index contributed by atoms with van der Waals surface area (Å²) in [6.07, 6.45) is 1.43. The molecule has 2 aromatic rings. The minimum absolute atomic E-state index is 0.0737. The van der Waals surface area contributed by atoms with Crippen LogP contribution in [0.3, 0.4) is 0 Å². The summed E-state index contributed by atoms with van der Waals surface area (Å²) in [5.41, 5.74) is 1.94. The predicted molar refractivity (Wildman–Crippen MR) is 153 cm³/mol. The van der Waals surface area contributed by atoms with E-state index in [1.807, 2.05) is 13.8 Å². The minimum atomic E-state index is -3.71. The number of nitrogens with one attached hydrogen (secondary N) is 1. The van der Waals surface area contributed by atoms with Gasteiger partial charge in [-0.3, -0.25) is 14.5 Å². The Bertz CT molecular complexity index is 1330. The molecule has 1 aromatic carbocycles. The molecular formula is C28H38N4O6S2. The molecule has 0 saturated carbocycles. The van der Waals surface area contributed by atoms with Crippen LogP contribution in [0.15, 0.2) is 29.2 Å². The molecule has 2 unspecified atom stereocenters. The number of sulfonamides is 1. The summed E-state index contributed by atoms with van der Waals surface area (Å²) >= 11 is 1.47. The van der Waals surface area contributed by atoms with Gasteiger partial charge in [0, 0.05) is 49.7 Å². The fraction of sp³-hybridized carbons (Fsp3) is 0.571. The first-order valence-electron chi connectivity index (χ1n) is 14.0. The Hall–Kier alpha value is -2.35. The van der Waals surface area contributed by atoms with Gasteiger partial charge >= 0.3 is 0 Å². The smallest absolute Gasteiger partial charge is 0.257 e. The maximum absolute atomic E-state index is 13.7. The van der Waals surface area contributed by atoms with Gasteiger partial charge in [-0.1, -0.05) is 6.92 Å². The van der Waals surface area contributed by atoms with Gasteiger partial charge in [-0.15, -0.1) is 11.3 Å². The van der Waals surface area contributed by atoms with E-state index in [0.717, 1.165) is 42.9 Å². The molecule has 4 heterocycles. The van der Waals surface area contributed by atoms with Crippen LogP contribution >= 0.6 is 11.3 Å². The van der Waals surface area contributed by atoms with E-state index >= 15 is 0 Å². The summed E-state index contributed by atoms with van der Waals surface area (Å²) in [5.74, 6) is -0.451. The van der Waals surface area contributed by atoms with Gasteiger partial charge in [-0.25, -0.2) is 8.42 Å². The molecule has 1 aromatic heterocycles. The second-order valence-corrected chi connectivity index (χ2v) is 13.7. The number of fused-ring (bicyclic) bond motifs is 1. The topological polar surface area (TPSA) is 108 Å². The summed E-state index contributed by atoms with van der Waals surface area (Å²) in [7, 11) is -3.71. The van der Waals surface area contributed by atoms with Crippen molar-refractivity contribution in [2.45, 2.75) is 57.3 Å². The molecule has 2 amide bonds. The number of hydrogen-bond donors (Lipinski definition) is 1. The van der Waals surface area contributed by atoms with Crippen LogP contribution in [-0.2, 0) is 32.5 Å². The molecule has 10 nitrogen and oxygen atoms in total. The zero-order chi connectivity index (χ0) is 28.4. The molecule has 12 heteroatoms. The number of nitrogens with zero attached hydrogens (tertiary/aromatic N) is 3. The highest BCUT2D eigenvalue weighted by atomic mass is 32.2. The number of hydrogen-bond acceptors (Lipinski definition) is 8. The van der Waals surface area contributed by atoms with Gasteiger partial charge in [0.25, 0.3) is 11.8 Å². The number of thiophene rings is 1. The zero-order valence-electron chi connectivity index (χ0n) is 23.3. The molecule has 0 bridgehead atoms. The lowest BCUT2D eigenvalue weighted by atomic mass is 10.0. The standard InChI is InChI=1S/C28H38N4O6S2/c1-4-10-30-11-9-23-24(18-30)39-27(25(23)28(34)31-12-14-37-15-13-31)29-26(33)21-5-7-22(8-6-21)40(35,36)32-16-19(2)38-20(3)17-32/h5-8,19-20H,4,9-18H2,1-3H3,(H,29,33). The summed E-state index contributed by atoms with van der Waals surface area (Å²) < 4.78 is 39.0. The van der Waals surface area contributed by atoms with Crippen molar-refractivity contribution in [1.29, 1.82) is 0 Å². The van der Waals surface area contributed by atoms with Crippen LogP contribution in [-0.4, -0.2) is 99.0 Å². The number of ether oxygens (including phenoxy) is 2. The summed E-state index contributed by atoms with van der Waals surface area (Å²) in [6.45, 7) is 11.1. The van der Waals surface area contributed by atoms with Crippen LogP contribution in [0, 0.1) is 0 Å². The van der Waals surface area contributed by atoms with Crippen LogP contribution in [0.5, 0.6) is 0 Å². The van der Waals surface area contributed by atoms with Crippen LogP contribution in [0.25, 0.3) is 0 Å². The van der Waals surface area contributed by atoms with E-state index in [0.29, 0.717) is 42.4 Å². The van der Waals surface area contributed by atoms with E-state index in [2.05, 4.69) is 17.1 Å². The lowest BCUT2D eigenvalue weighted by Gasteiger charge is -2.34. The number of benzene rings is 1. The van der Waals surface area contributed by atoms with E-state index in [-0.39, 0.29) is 42.0 Å².